The van der Waals surface area contributed by atoms with Crippen molar-refractivity contribution in [3.8, 4) is 11.1 Å². The number of hydrogen-bond donors (Lipinski definition) is 4. The molecule has 3 unspecified atom stereocenters. The minimum atomic E-state index is -1.41. The first-order valence-electron chi connectivity index (χ1n) is 13.9. The molecule has 0 bridgehead atoms. The van der Waals surface area contributed by atoms with E-state index in [-0.39, 0.29) is 23.2 Å². The van der Waals surface area contributed by atoms with Crippen LogP contribution in [0, 0.1) is 5.92 Å². The zero-order chi connectivity index (χ0) is 29.1. The lowest BCUT2D eigenvalue weighted by atomic mass is 9.92. The number of fused-ring (bicyclic) bond motifs is 1. The minimum absolute atomic E-state index is 0.205. The summed E-state index contributed by atoms with van der Waals surface area (Å²) in [6, 6.07) is 10.8. The van der Waals surface area contributed by atoms with Gasteiger partial charge in [0.05, 0.1) is 18.8 Å². The van der Waals surface area contributed by atoms with Crippen molar-refractivity contribution in [1.29, 1.82) is 0 Å². The Labute approximate surface area is 249 Å². The largest absolute Gasteiger partial charge is 0.388 e. The number of amides is 1. The van der Waals surface area contributed by atoms with E-state index in [9.17, 15) is 20.1 Å². The summed E-state index contributed by atoms with van der Waals surface area (Å²) in [7, 11) is 1.93. The van der Waals surface area contributed by atoms with Gasteiger partial charge >= 0.3 is 0 Å². The van der Waals surface area contributed by atoms with E-state index in [4.69, 9.17) is 9.47 Å². The Morgan fingerprint density at radius 3 is 2.59 bits per heavy atom. The number of nitrogens with zero attached hydrogens (tertiary/aromatic N) is 2. The number of thioether (sulfide) groups is 2. The van der Waals surface area contributed by atoms with Crippen LogP contribution in [-0.4, -0.2) is 111 Å². The molecule has 4 N–H and O–H groups in total. The first-order valence-corrected chi connectivity index (χ1v) is 16.1. The number of aromatic nitrogens is 1. The highest BCUT2D eigenvalue weighted by atomic mass is 32.2. The van der Waals surface area contributed by atoms with Crippen LogP contribution in [0.25, 0.3) is 11.1 Å². The molecule has 5 rings (SSSR count). The Morgan fingerprint density at radius 1 is 1.10 bits per heavy atom. The normalized spacial score (nSPS) is 33.5. The molecule has 0 radical (unpaired) electrons. The predicted octanol–water partition coefficient (Wildman–Crippen LogP) is 2.16. The molecular formula is C30H39N3O6S2. The summed E-state index contributed by atoms with van der Waals surface area (Å²) in [4.78, 5) is 21.1. The van der Waals surface area contributed by atoms with Crippen molar-refractivity contribution >= 4 is 29.4 Å². The van der Waals surface area contributed by atoms with Crippen molar-refractivity contribution < 1.29 is 29.6 Å². The van der Waals surface area contributed by atoms with Gasteiger partial charge in [-0.2, -0.15) is 0 Å². The van der Waals surface area contributed by atoms with Gasteiger partial charge in [-0.25, -0.2) is 0 Å². The average molecular weight is 602 g/mol. The second kappa shape index (κ2) is 13.6. The van der Waals surface area contributed by atoms with Crippen molar-refractivity contribution in [3.05, 3.63) is 60.9 Å². The fourth-order valence-corrected chi connectivity index (χ4v) is 7.79. The number of likely N-dealkylation sites (N-methyl/N-ethyl adjacent to an activating group) is 1. The number of likely N-dealkylation sites (tertiary alicyclic amines) is 1. The van der Waals surface area contributed by atoms with E-state index in [2.05, 4.69) is 16.4 Å². The number of aliphatic hydroxyl groups excluding tert-OH is 3. The van der Waals surface area contributed by atoms with Crippen LogP contribution in [0.2, 0.25) is 0 Å². The molecule has 9 nitrogen and oxygen atoms in total. The van der Waals surface area contributed by atoms with Crippen LogP contribution in [0.5, 0.6) is 0 Å². The SMILES string of the molecule is CSC1O[C@H]([C@H](NC(=O)[C@@H]2[C@@H]3OCC=CC[C@H]3CN2C)[C@H](C)Sc2ccc(-c3cccnc3)cc2)C(O)C(O)[C@H]1O. The average Bonchev–Trinajstić information content (AvgIpc) is 3.13. The quantitative estimate of drug-likeness (QED) is 0.264. The smallest absolute Gasteiger partial charge is 0.240 e. The summed E-state index contributed by atoms with van der Waals surface area (Å²) >= 11 is 2.80. The van der Waals surface area contributed by atoms with E-state index in [0.717, 1.165) is 29.0 Å². The van der Waals surface area contributed by atoms with Gasteiger partial charge in [0.1, 0.15) is 35.9 Å². The van der Waals surface area contributed by atoms with Crippen molar-refractivity contribution in [1.82, 2.24) is 15.2 Å². The van der Waals surface area contributed by atoms with Crippen molar-refractivity contribution in [2.45, 2.75) is 71.5 Å². The van der Waals surface area contributed by atoms with E-state index in [1.165, 1.54) is 11.8 Å². The molecule has 0 aliphatic carbocycles. The molecule has 0 saturated carbocycles. The van der Waals surface area contributed by atoms with Gasteiger partial charge in [-0.1, -0.05) is 37.3 Å². The highest BCUT2D eigenvalue weighted by Gasteiger charge is 2.50. The van der Waals surface area contributed by atoms with Gasteiger partial charge in [0.25, 0.3) is 0 Å². The molecule has 0 spiro atoms. The molecule has 11 heteroatoms. The highest BCUT2D eigenvalue weighted by molar-refractivity contribution is 8.00. The molecule has 3 aliphatic rings. The molecule has 4 heterocycles. The maximum Gasteiger partial charge on any atom is 0.240 e. The van der Waals surface area contributed by atoms with E-state index >= 15 is 0 Å². The van der Waals surface area contributed by atoms with Crippen molar-refractivity contribution in [2.24, 2.45) is 5.92 Å². The van der Waals surface area contributed by atoms with Gasteiger partial charge < -0.3 is 30.1 Å². The fraction of sp³-hybridized carbons (Fsp3) is 0.533. The fourth-order valence-electron chi connectivity index (χ4n) is 6.02. The molecule has 2 aromatic rings. The molecule has 1 aromatic heterocycles. The molecular weight excluding hydrogens is 562 g/mol. The van der Waals surface area contributed by atoms with Crippen molar-refractivity contribution in [3.63, 3.8) is 0 Å². The number of carbonyl (C=O) groups is 1. The van der Waals surface area contributed by atoms with Crippen LogP contribution in [-0.2, 0) is 14.3 Å². The maximum atomic E-state index is 13.9. The number of nitrogens with one attached hydrogen (secondary N) is 1. The summed E-state index contributed by atoms with van der Waals surface area (Å²) in [6.07, 6.45) is 5.07. The summed E-state index contributed by atoms with van der Waals surface area (Å²) in [5.41, 5.74) is 1.32. The van der Waals surface area contributed by atoms with Crippen LogP contribution in [0.3, 0.4) is 0 Å². The lowest BCUT2D eigenvalue weighted by Crippen LogP contribution is -2.65. The number of hydrogen-bond acceptors (Lipinski definition) is 10. The van der Waals surface area contributed by atoms with Gasteiger partial charge in [-0.05, 0) is 49.1 Å². The molecule has 2 saturated heterocycles. The molecule has 1 amide bonds. The number of allylic oxidation sites excluding steroid dienone is 1. The van der Waals surface area contributed by atoms with Gasteiger partial charge in [0.2, 0.25) is 5.91 Å². The number of carbonyl (C=O) groups excluding carboxylic acids is 1. The van der Waals surface area contributed by atoms with Gasteiger partial charge in [-0.3, -0.25) is 14.7 Å². The van der Waals surface area contributed by atoms with E-state index in [1.807, 2.05) is 67.5 Å². The van der Waals surface area contributed by atoms with Crippen molar-refractivity contribution in [2.75, 3.05) is 26.5 Å². The van der Waals surface area contributed by atoms with Crippen LogP contribution >= 0.6 is 23.5 Å². The third-order valence-electron chi connectivity index (χ3n) is 8.21. The second-order valence-corrected chi connectivity index (χ2v) is 13.3. The molecule has 222 valence electrons. The van der Waals surface area contributed by atoms with Crippen LogP contribution in [0.15, 0.2) is 65.8 Å². The van der Waals surface area contributed by atoms with Crippen LogP contribution < -0.4 is 5.32 Å². The first-order chi connectivity index (χ1) is 19.8. The first kappa shape index (κ1) is 30.5. The van der Waals surface area contributed by atoms with Gasteiger partial charge in [0, 0.05) is 35.0 Å². The van der Waals surface area contributed by atoms with Crippen LogP contribution in [0.4, 0.5) is 0 Å². The molecule has 41 heavy (non-hydrogen) atoms. The third-order valence-corrected chi connectivity index (χ3v) is 10.3. The highest BCUT2D eigenvalue weighted by Crippen LogP contribution is 2.35. The lowest BCUT2D eigenvalue weighted by molar-refractivity contribution is -0.205. The molecule has 10 atom stereocenters. The Morgan fingerprint density at radius 2 is 1.88 bits per heavy atom. The second-order valence-electron chi connectivity index (χ2n) is 10.9. The predicted molar refractivity (Wildman–Crippen MR) is 161 cm³/mol. The Bertz CT molecular complexity index is 1190. The Kier molecular flexibility index (Phi) is 10.1. The lowest BCUT2D eigenvalue weighted by Gasteiger charge is -2.45. The van der Waals surface area contributed by atoms with Gasteiger partial charge in [0.15, 0.2) is 0 Å². The summed E-state index contributed by atoms with van der Waals surface area (Å²) < 4.78 is 12.3. The Balaban J connectivity index is 1.38. The minimum Gasteiger partial charge on any atom is -0.388 e. The summed E-state index contributed by atoms with van der Waals surface area (Å²) in [6.45, 7) is 3.18. The number of benzene rings is 1. The Hall–Kier alpha value is -1.96. The zero-order valence-corrected chi connectivity index (χ0v) is 25.1. The maximum absolute atomic E-state index is 13.9. The number of aliphatic hydroxyl groups is 3. The summed E-state index contributed by atoms with van der Waals surface area (Å²) in [5.74, 6) is 0.0100. The van der Waals surface area contributed by atoms with Crippen LogP contribution in [0.1, 0.15) is 13.3 Å². The molecule has 2 fully saturated rings. The molecule has 3 aliphatic heterocycles. The standard InChI is InChI=1S/C30H39N3O6S2/c1-17(41-21-11-9-18(10-12-21)19-8-6-13-31-15-19)22(28-25(35)24(34)26(36)30(39-28)40-3)32-29(37)23-27-20(16-33(23)2)7-4-5-14-38-27/h4-6,8-13,15,17,20,22-28,30,34-36H,7,14,16H2,1-3H3,(H,32,37)/t17-,20-,22+,23-,24?,25?,26+,27+,28+,30?/m0/s1. The van der Waals surface area contributed by atoms with E-state index in [1.54, 1.807) is 24.2 Å². The van der Waals surface area contributed by atoms with Gasteiger partial charge in [-0.15, -0.1) is 23.5 Å². The number of ether oxygens (including phenoxy) is 2. The zero-order valence-electron chi connectivity index (χ0n) is 23.4. The molecule has 1 aromatic carbocycles. The number of rotatable bonds is 8. The summed E-state index contributed by atoms with van der Waals surface area (Å²) in [5, 5.41) is 35.2. The number of pyridine rings is 1. The topological polar surface area (TPSA) is 124 Å². The van der Waals surface area contributed by atoms with E-state index < -0.39 is 41.9 Å². The third kappa shape index (κ3) is 6.67. The van der Waals surface area contributed by atoms with E-state index in [0.29, 0.717) is 6.61 Å². The monoisotopic (exact) mass is 601 g/mol.